The molecule has 5 heteroatoms. The Kier molecular flexibility index (Phi) is 5.01. The van der Waals surface area contributed by atoms with Crippen LogP contribution in [-0.2, 0) is 11.3 Å². The summed E-state index contributed by atoms with van der Waals surface area (Å²) in [6, 6.07) is 5.70. The minimum Gasteiger partial charge on any atom is -0.356 e. The fraction of sp³-hybridized carbons (Fsp3) is 0.467. The highest BCUT2D eigenvalue weighted by Gasteiger charge is 2.07. The number of halogens is 1. The van der Waals surface area contributed by atoms with Crippen LogP contribution in [0.1, 0.15) is 26.7 Å². The molecule has 2 aromatic rings. The highest BCUT2D eigenvalue weighted by atomic mass is 35.5. The van der Waals surface area contributed by atoms with E-state index in [4.69, 9.17) is 11.6 Å². The summed E-state index contributed by atoms with van der Waals surface area (Å²) in [6.07, 6.45) is 3.18. The third-order valence-electron chi connectivity index (χ3n) is 3.23. The van der Waals surface area contributed by atoms with Gasteiger partial charge in [-0.05, 0) is 24.5 Å². The summed E-state index contributed by atoms with van der Waals surface area (Å²) in [5.41, 5.74) is 0.965. The van der Waals surface area contributed by atoms with Gasteiger partial charge in [-0.2, -0.15) is 5.10 Å². The number of carbonyl (C=O) groups excluding carboxylic acids is 1. The van der Waals surface area contributed by atoms with E-state index in [1.165, 1.54) is 0 Å². The van der Waals surface area contributed by atoms with Crippen LogP contribution in [0.5, 0.6) is 0 Å². The summed E-state index contributed by atoms with van der Waals surface area (Å²) >= 11 is 6.10. The van der Waals surface area contributed by atoms with Crippen LogP contribution >= 0.6 is 11.6 Å². The first kappa shape index (κ1) is 14.9. The van der Waals surface area contributed by atoms with E-state index >= 15 is 0 Å². The second-order valence-electron chi connectivity index (χ2n) is 5.32. The van der Waals surface area contributed by atoms with E-state index in [1.807, 2.05) is 22.9 Å². The summed E-state index contributed by atoms with van der Waals surface area (Å²) in [5.74, 6) is 0.670. The van der Waals surface area contributed by atoms with Crippen molar-refractivity contribution in [1.82, 2.24) is 15.1 Å². The van der Waals surface area contributed by atoms with Gasteiger partial charge in [-0.3, -0.25) is 9.48 Å². The van der Waals surface area contributed by atoms with E-state index in [-0.39, 0.29) is 5.91 Å². The number of nitrogens with one attached hydrogen (secondary N) is 1. The molecule has 0 aliphatic heterocycles. The number of benzene rings is 1. The molecule has 20 heavy (non-hydrogen) atoms. The van der Waals surface area contributed by atoms with Crippen molar-refractivity contribution in [2.24, 2.45) is 5.92 Å². The van der Waals surface area contributed by atoms with Crippen molar-refractivity contribution < 1.29 is 4.79 Å². The molecule has 0 aliphatic rings. The quantitative estimate of drug-likeness (QED) is 0.889. The van der Waals surface area contributed by atoms with Gasteiger partial charge in [0.25, 0.3) is 0 Å². The fourth-order valence-corrected chi connectivity index (χ4v) is 2.26. The van der Waals surface area contributed by atoms with Crippen LogP contribution in [0.25, 0.3) is 10.9 Å². The van der Waals surface area contributed by atoms with E-state index in [2.05, 4.69) is 24.3 Å². The average Bonchev–Trinajstić information content (AvgIpc) is 2.80. The highest BCUT2D eigenvalue weighted by molar-refractivity contribution is 6.35. The molecular weight excluding hydrogens is 274 g/mol. The lowest BCUT2D eigenvalue weighted by atomic mass is 10.1. The van der Waals surface area contributed by atoms with Crippen LogP contribution in [-0.4, -0.2) is 22.2 Å². The standard InChI is InChI=1S/C15H20ClN3O/c1-11(2)6-8-17-15(20)7-9-19-14-5-3-4-13(16)12(14)10-18-19/h3-5,10-11H,6-9H2,1-2H3,(H,17,20). The Morgan fingerprint density at radius 2 is 2.25 bits per heavy atom. The molecule has 0 unspecified atom stereocenters. The number of amides is 1. The smallest absolute Gasteiger partial charge is 0.221 e. The van der Waals surface area contributed by atoms with E-state index in [9.17, 15) is 4.79 Å². The zero-order chi connectivity index (χ0) is 14.5. The minimum absolute atomic E-state index is 0.0660. The van der Waals surface area contributed by atoms with Crippen molar-refractivity contribution in [3.05, 3.63) is 29.4 Å². The van der Waals surface area contributed by atoms with Crippen molar-refractivity contribution in [3.8, 4) is 0 Å². The summed E-state index contributed by atoms with van der Waals surface area (Å²) in [6.45, 7) is 5.59. The molecule has 0 fully saturated rings. The molecule has 0 saturated carbocycles. The van der Waals surface area contributed by atoms with Gasteiger partial charge >= 0.3 is 0 Å². The first-order valence-corrected chi connectivity index (χ1v) is 7.32. The maximum absolute atomic E-state index is 11.7. The first-order valence-electron chi connectivity index (χ1n) is 6.94. The van der Waals surface area contributed by atoms with Crippen LogP contribution in [0, 0.1) is 5.92 Å². The third kappa shape index (κ3) is 3.73. The van der Waals surface area contributed by atoms with E-state index in [0.717, 1.165) is 23.9 Å². The lowest BCUT2D eigenvalue weighted by Crippen LogP contribution is -2.26. The zero-order valence-corrected chi connectivity index (χ0v) is 12.7. The maximum Gasteiger partial charge on any atom is 0.221 e. The Hall–Kier alpha value is -1.55. The predicted molar refractivity (Wildman–Crippen MR) is 81.8 cm³/mol. The molecule has 1 amide bonds. The lowest BCUT2D eigenvalue weighted by molar-refractivity contribution is -0.121. The van der Waals surface area contributed by atoms with E-state index in [0.29, 0.717) is 23.9 Å². The van der Waals surface area contributed by atoms with Crippen LogP contribution in [0.15, 0.2) is 24.4 Å². The highest BCUT2D eigenvalue weighted by Crippen LogP contribution is 2.22. The molecule has 1 aromatic carbocycles. The van der Waals surface area contributed by atoms with Crippen molar-refractivity contribution in [1.29, 1.82) is 0 Å². The number of nitrogens with zero attached hydrogens (tertiary/aromatic N) is 2. The molecule has 1 aromatic heterocycles. The van der Waals surface area contributed by atoms with Crippen LogP contribution in [0.4, 0.5) is 0 Å². The maximum atomic E-state index is 11.7. The number of carbonyl (C=O) groups is 1. The molecule has 0 radical (unpaired) electrons. The van der Waals surface area contributed by atoms with Crippen LogP contribution in [0.2, 0.25) is 5.02 Å². The molecule has 0 spiro atoms. The molecule has 0 atom stereocenters. The number of aromatic nitrogens is 2. The van der Waals surface area contributed by atoms with E-state index < -0.39 is 0 Å². The minimum atomic E-state index is 0.0660. The third-order valence-corrected chi connectivity index (χ3v) is 3.56. The molecule has 0 bridgehead atoms. The second kappa shape index (κ2) is 6.75. The number of fused-ring (bicyclic) bond motifs is 1. The normalized spacial score (nSPS) is 11.2. The Labute approximate surface area is 124 Å². The molecule has 1 heterocycles. The van der Waals surface area contributed by atoms with Crippen molar-refractivity contribution in [2.75, 3.05) is 6.54 Å². The molecule has 1 N–H and O–H groups in total. The predicted octanol–water partition coefficient (Wildman–Crippen LogP) is 3.24. The monoisotopic (exact) mass is 293 g/mol. The summed E-state index contributed by atoms with van der Waals surface area (Å²) < 4.78 is 1.82. The summed E-state index contributed by atoms with van der Waals surface area (Å²) in [5, 5.41) is 8.83. The average molecular weight is 294 g/mol. The summed E-state index contributed by atoms with van der Waals surface area (Å²) in [7, 11) is 0. The van der Waals surface area contributed by atoms with Gasteiger partial charge in [0.15, 0.2) is 0 Å². The Bertz CT molecular complexity index is 592. The van der Waals surface area contributed by atoms with Crippen LogP contribution < -0.4 is 5.32 Å². The molecular formula is C15H20ClN3O. The van der Waals surface area contributed by atoms with Crippen LogP contribution in [0.3, 0.4) is 0 Å². The number of hydrogen-bond donors (Lipinski definition) is 1. The lowest BCUT2D eigenvalue weighted by Gasteiger charge is -2.07. The molecule has 4 nitrogen and oxygen atoms in total. The van der Waals surface area contributed by atoms with Gasteiger partial charge < -0.3 is 5.32 Å². The largest absolute Gasteiger partial charge is 0.356 e. The van der Waals surface area contributed by atoms with E-state index in [1.54, 1.807) is 6.20 Å². The SMILES string of the molecule is CC(C)CCNC(=O)CCn1ncc2c(Cl)cccc21. The zero-order valence-electron chi connectivity index (χ0n) is 11.9. The van der Waals surface area contributed by atoms with Gasteiger partial charge in [0.2, 0.25) is 5.91 Å². The Morgan fingerprint density at radius 1 is 1.45 bits per heavy atom. The molecule has 2 rings (SSSR count). The number of hydrogen-bond acceptors (Lipinski definition) is 2. The van der Waals surface area contributed by atoms with Crippen molar-refractivity contribution >= 4 is 28.4 Å². The van der Waals surface area contributed by atoms with Gasteiger partial charge in [0.05, 0.1) is 23.3 Å². The Balaban J connectivity index is 1.90. The Morgan fingerprint density at radius 3 is 3.00 bits per heavy atom. The number of rotatable bonds is 6. The fourth-order valence-electron chi connectivity index (χ4n) is 2.04. The van der Waals surface area contributed by atoms with Crippen molar-refractivity contribution in [3.63, 3.8) is 0 Å². The van der Waals surface area contributed by atoms with Gasteiger partial charge in [-0.1, -0.05) is 31.5 Å². The van der Waals surface area contributed by atoms with Gasteiger partial charge in [0.1, 0.15) is 0 Å². The molecule has 0 aliphatic carbocycles. The van der Waals surface area contributed by atoms with Gasteiger partial charge in [0, 0.05) is 18.4 Å². The van der Waals surface area contributed by atoms with Crippen molar-refractivity contribution in [2.45, 2.75) is 33.2 Å². The first-order chi connectivity index (χ1) is 9.58. The summed E-state index contributed by atoms with van der Waals surface area (Å²) in [4.78, 5) is 11.7. The topological polar surface area (TPSA) is 46.9 Å². The molecule has 0 saturated heterocycles. The second-order valence-corrected chi connectivity index (χ2v) is 5.73. The number of aryl methyl sites for hydroxylation is 1. The van der Waals surface area contributed by atoms with Gasteiger partial charge in [-0.15, -0.1) is 0 Å². The molecule has 108 valence electrons. The van der Waals surface area contributed by atoms with Gasteiger partial charge in [-0.25, -0.2) is 0 Å².